The molecule has 74 valence electrons. The maximum atomic E-state index is 13.1. The summed E-state index contributed by atoms with van der Waals surface area (Å²) in [5.74, 6) is -1.55. The standard InChI is InChI=1S/C8H5BrFNO3/c1-4(12)7-6(10)3-2-5(9)8(7)11(13)14/h2-3H,1H3. The van der Waals surface area contributed by atoms with Crippen molar-refractivity contribution in [2.75, 3.05) is 0 Å². The molecule has 0 N–H and O–H groups in total. The molecule has 0 radical (unpaired) electrons. The molecule has 1 aromatic rings. The molecule has 0 atom stereocenters. The fourth-order valence-corrected chi connectivity index (χ4v) is 1.53. The van der Waals surface area contributed by atoms with Crippen LogP contribution in [0.1, 0.15) is 17.3 Å². The van der Waals surface area contributed by atoms with E-state index in [1.807, 2.05) is 0 Å². The van der Waals surface area contributed by atoms with Crippen LogP contribution in [0.2, 0.25) is 0 Å². The van der Waals surface area contributed by atoms with Gasteiger partial charge in [0.1, 0.15) is 11.4 Å². The molecule has 0 saturated carbocycles. The second-order valence-electron chi connectivity index (χ2n) is 2.57. The van der Waals surface area contributed by atoms with Crippen molar-refractivity contribution in [1.82, 2.24) is 0 Å². The molecule has 0 saturated heterocycles. The lowest BCUT2D eigenvalue weighted by atomic mass is 10.1. The summed E-state index contributed by atoms with van der Waals surface area (Å²) in [6, 6.07) is 2.20. The highest BCUT2D eigenvalue weighted by molar-refractivity contribution is 9.10. The number of nitro benzene ring substituents is 1. The van der Waals surface area contributed by atoms with Crippen LogP contribution in [0.15, 0.2) is 16.6 Å². The molecule has 4 nitrogen and oxygen atoms in total. The van der Waals surface area contributed by atoms with E-state index in [-0.39, 0.29) is 4.47 Å². The van der Waals surface area contributed by atoms with Gasteiger partial charge in [0, 0.05) is 0 Å². The van der Waals surface area contributed by atoms with Crippen molar-refractivity contribution in [1.29, 1.82) is 0 Å². The predicted molar refractivity (Wildman–Crippen MR) is 50.8 cm³/mol. The maximum absolute atomic E-state index is 13.1. The number of carbonyl (C=O) groups excluding carboxylic acids is 1. The SMILES string of the molecule is CC(=O)c1c(F)ccc(Br)c1[N+](=O)[O-]. The van der Waals surface area contributed by atoms with Gasteiger partial charge < -0.3 is 0 Å². The molecule has 1 aromatic carbocycles. The molecule has 6 heteroatoms. The molecule has 0 fully saturated rings. The largest absolute Gasteiger partial charge is 0.297 e. The van der Waals surface area contributed by atoms with E-state index >= 15 is 0 Å². The number of Topliss-reactive ketones (excluding diaryl/α,β-unsaturated/α-hetero) is 1. The number of ketones is 1. The Morgan fingerprint density at radius 1 is 1.57 bits per heavy atom. The van der Waals surface area contributed by atoms with Crippen LogP contribution in [0.3, 0.4) is 0 Å². The molecule has 0 heterocycles. The van der Waals surface area contributed by atoms with Gasteiger partial charge in [-0.25, -0.2) is 4.39 Å². The van der Waals surface area contributed by atoms with Gasteiger partial charge in [-0.1, -0.05) is 0 Å². The van der Waals surface area contributed by atoms with E-state index in [1.165, 1.54) is 6.07 Å². The summed E-state index contributed by atoms with van der Waals surface area (Å²) in [6.45, 7) is 1.08. The van der Waals surface area contributed by atoms with E-state index in [4.69, 9.17) is 0 Å². The van der Waals surface area contributed by atoms with Crippen molar-refractivity contribution in [3.8, 4) is 0 Å². The average molecular weight is 262 g/mol. The van der Waals surface area contributed by atoms with Crippen molar-refractivity contribution in [3.63, 3.8) is 0 Å². The first-order chi connectivity index (χ1) is 6.45. The van der Waals surface area contributed by atoms with Crippen molar-refractivity contribution in [3.05, 3.63) is 38.1 Å². The molecule has 0 amide bonds. The van der Waals surface area contributed by atoms with Crippen LogP contribution < -0.4 is 0 Å². The zero-order valence-corrected chi connectivity index (χ0v) is 8.67. The van der Waals surface area contributed by atoms with Gasteiger partial charge in [-0.15, -0.1) is 0 Å². The smallest absolute Gasteiger partial charge is 0.294 e. The second kappa shape index (κ2) is 3.83. The number of nitrogens with zero attached hydrogens (tertiary/aromatic N) is 1. The molecular formula is C8H5BrFNO3. The summed E-state index contributed by atoms with van der Waals surface area (Å²) in [5, 5.41) is 10.6. The van der Waals surface area contributed by atoms with Gasteiger partial charge in [0.15, 0.2) is 5.78 Å². The summed E-state index contributed by atoms with van der Waals surface area (Å²) >= 11 is 2.89. The Labute approximate surface area is 87.0 Å². The first-order valence-electron chi connectivity index (χ1n) is 3.58. The molecule has 1 rings (SSSR count). The Balaban J connectivity index is 3.58. The Kier molecular flexibility index (Phi) is 2.95. The Bertz CT molecular complexity index is 380. The number of benzene rings is 1. The van der Waals surface area contributed by atoms with Crippen LogP contribution in [0.4, 0.5) is 10.1 Å². The summed E-state index contributed by atoms with van der Waals surface area (Å²) in [5.41, 5.74) is -1.03. The minimum atomic E-state index is -0.882. The molecule has 0 unspecified atom stereocenters. The summed E-state index contributed by atoms with van der Waals surface area (Å²) in [6.07, 6.45) is 0. The van der Waals surface area contributed by atoms with Gasteiger partial charge in [-0.2, -0.15) is 0 Å². The van der Waals surface area contributed by atoms with Gasteiger partial charge in [0.2, 0.25) is 0 Å². The molecule has 0 aliphatic carbocycles. The summed E-state index contributed by atoms with van der Waals surface area (Å²) in [7, 11) is 0. The van der Waals surface area contributed by atoms with E-state index in [0.29, 0.717) is 0 Å². The van der Waals surface area contributed by atoms with Crippen LogP contribution in [-0.4, -0.2) is 10.7 Å². The highest BCUT2D eigenvalue weighted by atomic mass is 79.9. The Morgan fingerprint density at radius 2 is 2.14 bits per heavy atom. The van der Waals surface area contributed by atoms with Crippen LogP contribution in [0, 0.1) is 15.9 Å². The lowest BCUT2D eigenvalue weighted by molar-refractivity contribution is -0.386. The molecule has 0 aliphatic rings. The van der Waals surface area contributed by atoms with Gasteiger partial charge in [-0.3, -0.25) is 14.9 Å². The van der Waals surface area contributed by atoms with E-state index in [0.717, 1.165) is 13.0 Å². The number of rotatable bonds is 2. The number of hydrogen-bond acceptors (Lipinski definition) is 3. The number of halogens is 2. The monoisotopic (exact) mass is 261 g/mol. The van der Waals surface area contributed by atoms with E-state index in [2.05, 4.69) is 15.9 Å². The van der Waals surface area contributed by atoms with Crippen molar-refractivity contribution in [2.24, 2.45) is 0 Å². The van der Waals surface area contributed by atoms with E-state index < -0.39 is 27.8 Å². The molecule has 0 aliphatic heterocycles. The number of nitro groups is 1. The zero-order valence-electron chi connectivity index (χ0n) is 7.08. The highest BCUT2D eigenvalue weighted by Crippen LogP contribution is 2.30. The fourth-order valence-electron chi connectivity index (χ4n) is 1.05. The van der Waals surface area contributed by atoms with Gasteiger partial charge in [0.25, 0.3) is 5.69 Å². The van der Waals surface area contributed by atoms with Crippen LogP contribution in [0.25, 0.3) is 0 Å². The van der Waals surface area contributed by atoms with E-state index in [9.17, 15) is 19.3 Å². The Morgan fingerprint density at radius 3 is 2.50 bits per heavy atom. The fraction of sp³-hybridized carbons (Fsp3) is 0.125. The lowest BCUT2D eigenvalue weighted by Crippen LogP contribution is -2.04. The molecule has 0 bridgehead atoms. The summed E-state index contributed by atoms with van der Waals surface area (Å²) in [4.78, 5) is 20.7. The molecule has 14 heavy (non-hydrogen) atoms. The predicted octanol–water partition coefficient (Wildman–Crippen LogP) is 2.70. The maximum Gasteiger partial charge on any atom is 0.297 e. The Hall–Kier alpha value is -1.30. The molecule has 0 aromatic heterocycles. The molecule has 0 spiro atoms. The zero-order chi connectivity index (χ0) is 10.9. The molecular weight excluding hydrogens is 257 g/mol. The van der Waals surface area contributed by atoms with Crippen LogP contribution in [-0.2, 0) is 0 Å². The van der Waals surface area contributed by atoms with Gasteiger partial charge in [-0.05, 0) is 35.0 Å². The van der Waals surface area contributed by atoms with Gasteiger partial charge in [0.05, 0.1) is 9.40 Å². The highest BCUT2D eigenvalue weighted by Gasteiger charge is 2.25. The van der Waals surface area contributed by atoms with Crippen molar-refractivity contribution in [2.45, 2.75) is 6.92 Å². The third kappa shape index (κ3) is 1.79. The van der Waals surface area contributed by atoms with E-state index in [1.54, 1.807) is 0 Å². The van der Waals surface area contributed by atoms with Crippen LogP contribution in [0.5, 0.6) is 0 Å². The quantitative estimate of drug-likeness (QED) is 0.467. The third-order valence-electron chi connectivity index (χ3n) is 1.61. The second-order valence-corrected chi connectivity index (χ2v) is 3.42. The first-order valence-corrected chi connectivity index (χ1v) is 4.37. The number of hydrogen-bond donors (Lipinski definition) is 0. The topological polar surface area (TPSA) is 60.2 Å². The summed E-state index contributed by atoms with van der Waals surface area (Å²) < 4.78 is 13.2. The number of carbonyl (C=O) groups is 1. The van der Waals surface area contributed by atoms with Crippen molar-refractivity contribution >= 4 is 27.4 Å². The lowest BCUT2D eigenvalue weighted by Gasteiger charge is -2.01. The minimum Gasteiger partial charge on any atom is -0.294 e. The average Bonchev–Trinajstić information content (AvgIpc) is 2.07. The van der Waals surface area contributed by atoms with Crippen LogP contribution >= 0.6 is 15.9 Å². The third-order valence-corrected chi connectivity index (χ3v) is 2.25. The minimum absolute atomic E-state index is 0.0918. The first kappa shape index (κ1) is 10.8. The van der Waals surface area contributed by atoms with Crippen molar-refractivity contribution < 1.29 is 14.1 Å². The van der Waals surface area contributed by atoms with Gasteiger partial charge >= 0.3 is 0 Å². The normalized spacial score (nSPS) is 9.93.